The normalized spacial score (nSPS) is 14.9. The summed E-state index contributed by atoms with van der Waals surface area (Å²) in [4.78, 5) is 10.7. The van der Waals surface area contributed by atoms with Gasteiger partial charge in [0.15, 0.2) is 5.16 Å². The van der Waals surface area contributed by atoms with Gasteiger partial charge in [-0.1, -0.05) is 54.2 Å². The van der Waals surface area contributed by atoms with Crippen molar-refractivity contribution in [3.8, 4) is 0 Å². The van der Waals surface area contributed by atoms with Gasteiger partial charge in [-0.05, 0) is 30.9 Å². The van der Waals surface area contributed by atoms with Crippen molar-refractivity contribution in [1.29, 1.82) is 0 Å². The summed E-state index contributed by atoms with van der Waals surface area (Å²) < 4.78 is 2.20. The lowest BCUT2D eigenvalue weighted by Crippen LogP contribution is -2.06. The first-order chi connectivity index (χ1) is 13.1. The van der Waals surface area contributed by atoms with E-state index in [1.807, 2.05) is 31.2 Å². The van der Waals surface area contributed by atoms with Crippen molar-refractivity contribution in [2.24, 2.45) is 0 Å². The van der Waals surface area contributed by atoms with Gasteiger partial charge < -0.3 is 4.57 Å². The number of thioether (sulfide) groups is 1. The molecular formula is C20H20N4O2S. The molecule has 0 amide bonds. The summed E-state index contributed by atoms with van der Waals surface area (Å²) in [5.74, 6) is 1.55. The molecule has 1 atom stereocenters. The van der Waals surface area contributed by atoms with Gasteiger partial charge in [0.05, 0.1) is 11.5 Å². The van der Waals surface area contributed by atoms with Crippen LogP contribution in [0.5, 0.6) is 0 Å². The van der Waals surface area contributed by atoms with Crippen molar-refractivity contribution in [2.45, 2.75) is 42.6 Å². The van der Waals surface area contributed by atoms with Gasteiger partial charge in [-0.3, -0.25) is 10.1 Å². The lowest BCUT2D eigenvalue weighted by atomic mass is 10.1. The fourth-order valence-corrected chi connectivity index (χ4v) is 4.03. The van der Waals surface area contributed by atoms with E-state index >= 15 is 0 Å². The second kappa shape index (κ2) is 7.52. The van der Waals surface area contributed by atoms with Crippen LogP contribution in [0.2, 0.25) is 0 Å². The number of nitro benzene ring substituents is 1. The Labute approximate surface area is 161 Å². The van der Waals surface area contributed by atoms with Crippen LogP contribution in [0.15, 0.2) is 59.8 Å². The Kier molecular flexibility index (Phi) is 4.94. The van der Waals surface area contributed by atoms with Gasteiger partial charge in [0.2, 0.25) is 0 Å². The summed E-state index contributed by atoms with van der Waals surface area (Å²) in [5.41, 5.74) is 2.24. The zero-order chi connectivity index (χ0) is 18.8. The predicted molar refractivity (Wildman–Crippen MR) is 105 cm³/mol. The molecule has 0 unspecified atom stereocenters. The van der Waals surface area contributed by atoms with E-state index in [2.05, 4.69) is 26.9 Å². The molecule has 0 bridgehead atoms. The summed E-state index contributed by atoms with van der Waals surface area (Å²) in [6.07, 6.45) is 2.33. The lowest BCUT2D eigenvalue weighted by molar-refractivity contribution is -0.384. The molecule has 1 aliphatic rings. The predicted octanol–water partition coefficient (Wildman–Crippen LogP) is 4.97. The molecule has 0 aliphatic heterocycles. The molecule has 1 heterocycles. The minimum absolute atomic E-state index is 0.0377. The van der Waals surface area contributed by atoms with Gasteiger partial charge >= 0.3 is 0 Å². The molecule has 1 fully saturated rings. The fourth-order valence-electron chi connectivity index (χ4n) is 3.06. The maximum atomic E-state index is 11.0. The molecule has 4 rings (SSSR count). The molecule has 1 aliphatic carbocycles. The number of hydrogen-bond donors (Lipinski definition) is 0. The van der Waals surface area contributed by atoms with Crippen molar-refractivity contribution in [3.05, 3.63) is 81.7 Å². The Morgan fingerprint density at radius 3 is 2.67 bits per heavy atom. The molecule has 3 aromatic rings. The Morgan fingerprint density at radius 2 is 1.96 bits per heavy atom. The van der Waals surface area contributed by atoms with E-state index < -0.39 is 0 Å². The fraction of sp³-hybridized carbons (Fsp3) is 0.300. The van der Waals surface area contributed by atoms with Gasteiger partial charge in [-0.25, -0.2) is 0 Å². The summed E-state index contributed by atoms with van der Waals surface area (Å²) in [5, 5.41) is 20.8. The zero-order valence-electron chi connectivity index (χ0n) is 15.0. The smallest absolute Gasteiger partial charge is 0.269 e. The third-order valence-corrected chi connectivity index (χ3v) is 5.84. The number of benzene rings is 2. The summed E-state index contributed by atoms with van der Waals surface area (Å²) in [7, 11) is 0. The standard InChI is InChI=1S/C20H20N4O2S/c1-14(17-8-5-9-18(12-17)24(25)26)27-20-22-21-19(16-10-11-16)23(20)13-15-6-3-2-4-7-15/h2-9,12,14,16H,10-11,13H2,1H3/t14-/m0/s1. The van der Waals surface area contributed by atoms with Gasteiger partial charge in [0.1, 0.15) is 5.82 Å². The molecule has 2 aromatic carbocycles. The number of non-ortho nitro benzene ring substituents is 1. The maximum absolute atomic E-state index is 11.0. The van der Waals surface area contributed by atoms with Crippen LogP contribution in [0.4, 0.5) is 5.69 Å². The van der Waals surface area contributed by atoms with Crippen LogP contribution in [0.3, 0.4) is 0 Å². The number of rotatable bonds is 7. The summed E-state index contributed by atoms with van der Waals surface area (Å²) in [6.45, 7) is 2.78. The van der Waals surface area contributed by atoms with E-state index in [1.54, 1.807) is 23.9 Å². The summed E-state index contributed by atoms with van der Waals surface area (Å²) >= 11 is 1.60. The Hall–Kier alpha value is -2.67. The zero-order valence-corrected chi connectivity index (χ0v) is 15.8. The maximum Gasteiger partial charge on any atom is 0.269 e. The van der Waals surface area contributed by atoms with E-state index in [4.69, 9.17) is 0 Å². The van der Waals surface area contributed by atoms with E-state index in [0.29, 0.717) is 5.92 Å². The quantitative estimate of drug-likeness (QED) is 0.329. The lowest BCUT2D eigenvalue weighted by Gasteiger charge is -2.14. The van der Waals surface area contributed by atoms with E-state index in [0.717, 1.165) is 35.9 Å². The van der Waals surface area contributed by atoms with Gasteiger partial charge in [-0.15, -0.1) is 10.2 Å². The van der Waals surface area contributed by atoms with Crippen molar-refractivity contribution in [1.82, 2.24) is 14.8 Å². The highest BCUT2D eigenvalue weighted by Crippen LogP contribution is 2.42. The van der Waals surface area contributed by atoms with E-state index in [1.165, 1.54) is 11.6 Å². The minimum atomic E-state index is -0.357. The molecule has 7 heteroatoms. The molecule has 0 saturated heterocycles. The van der Waals surface area contributed by atoms with Crippen molar-refractivity contribution in [2.75, 3.05) is 0 Å². The van der Waals surface area contributed by atoms with Crippen molar-refractivity contribution < 1.29 is 4.92 Å². The molecule has 0 radical (unpaired) electrons. The minimum Gasteiger partial charge on any atom is -0.301 e. The number of hydrogen-bond acceptors (Lipinski definition) is 5. The van der Waals surface area contributed by atoms with Crippen LogP contribution in [0.25, 0.3) is 0 Å². The largest absolute Gasteiger partial charge is 0.301 e. The summed E-state index contributed by atoms with van der Waals surface area (Å²) in [6, 6.07) is 17.1. The number of aromatic nitrogens is 3. The van der Waals surface area contributed by atoms with Crippen LogP contribution in [-0.4, -0.2) is 19.7 Å². The van der Waals surface area contributed by atoms with E-state index in [9.17, 15) is 10.1 Å². The van der Waals surface area contributed by atoms with Crippen molar-refractivity contribution >= 4 is 17.4 Å². The third-order valence-electron chi connectivity index (χ3n) is 4.70. The SMILES string of the molecule is C[C@H](Sc1nnc(C2CC2)n1Cc1ccccc1)c1cccc([N+](=O)[O-])c1. The average molecular weight is 380 g/mol. The number of nitrogens with zero attached hydrogens (tertiary/aromatic N) is 4. The number of nitro groups is 1. The van der Waals surface area contributed by atoms with Gasteiger partial charge in [0, 0.05) is 23.3 Å². The molecule has 0 N–H and O–H groups in total. The third kappa shape index (κ3) is 4.03. The Balaban J connectivity index is 1.60. The molecule has 1 saturated carbocycles. The monoisotopic (exact) mass is 380 g/mol. The first-order valence-electron chi connectivity index (χ1n) is 9.00. The van der Waals surface area contributed by atoms with E-state index in [-0.39, 0.29) is 15.9 Å². The first-order valence-corrected chi connectivity index (χ1v) is 9.88. The van der Waals surface area contributed by atoms with Gasteiger partial charge in [0.25, 0.3) is 5.69 Å². The molecular weight excluding hydrogens is 360 g/mol. The van der Waals surface area contributed by atoms with Crippen LogP contribution < -0.4 is 0 Å². The molecule has 0 spiro atoms. The van der Waals surface area contributed by atoms with Crippen LogP contribution in [-0.2, 0) is 6.54 Å². The highest BCUT2D eigenvalue weighted by atomic mass is 32.2. The Bertz CT molecular complexity index is 954. The Morgan fingerprint density at radius 1 is 1.19 bits per heavy atom. The highest BCUT2D eigenvalue weighted by molar-refractivity contribution is 7.99. The highest BCUT2D eigenvalue weighted by Gasteiger charge is 2.31. The molecule has 27 heavy (non-hydrogen) atoms. The first kappa shape index (κ1) is 17.7. The topological polar surface area (TPSA) is 73.8 Å². The molecule has 138 valence electrons. The molecule has 6 nitrogen and oxygen atoms in total. The van der Waals surface area contributed by atoms with Gasteiger partial charge in [-0.2, -0.15) is 0 Å². The molecule has 1 aromatic heterocycles. The average Bonchev–Trinajstić information content (AvgIpc) is 3.46. The van der Waals surface area contributed by atoms with Crippen LogP contribution in [0, 0.1) is 10.1 Å². The van der Waals surface area contributed by atoms with Crippen LogP contribution in [0.1, 0.15) is 47.9 Å². The second-order valence-electron chi connectivity index (χ2n) is 6.80. The van der Waals surface area contributed by atoms with Crippen molar-refractivity contribution in [3.63, 3.8) is 0 Å². The van der Waals surface area contributed by atoms with Crippen LogP contribution >= 0.6 is 11.8 Å². The second-order valence-corrected chi connectivity index (χ2v) is 8.11.